The highest BCUT2D eigenvalue weighted by Gasteiger charge is 2.14. The molecule has 2 rings (SSSR count). The van der Waals surface area contributed by atoms with E-state index in [9.17, 15) is 15.0 Å². The Morgan fingerprint density at radius 2 is 1.96 bits per heavy atom. The monoisotopic (exact) mass is 342 g/mol. The molecule has 0 bridgehead atoms. The third-order valence-corrected chi connectivity index (χ3v) is 3.71. The molecule has 0 aliphatic heterocycles. The van der Waals surface area contributed by atoms with Crippen molar-refractivity contribution in [2.75, 3.05) is 13.7 Å². The van der Waals surface area contributed by atoms with Gasteiger partial charge in [0.2, 0.25) is 0 Å². The van der Waals surface area contributed by atoms with Gasteiger partial charge in [0, 0.05) is 0 Å². The number of ether oxygens (including phenoxy) is 2. The standard InChI is InChI=1S/C20H22O5/c1-4-9-25-15-6-7-16(13(2)10-15)17(20(22)23)11-14-5-8-19(24-3)18(21)12-14/h5-8,10-12,21H,4,9H2,1-3H3,(H,22,23)/b17-11-. The van der Waals surface area contributed by atoms with Crippen LogP contribution in [0.2, 0.25) is 0 Å². The van der Waals surface area contributed by atoms with Crippen LogP contribution in [0.4, 0.5) is 0 Å². The Balaban J connectivity index is 2.41. The quantitative estimate of drug-likeness (QED) is 0.585. The number of carbonyl (C=O) groups is 1. The van der Waals surface area contributed by atoms with E-state index in [0.29, 0.717) is 23.5 Å². The van der Waals surface area contributed by atoms with E-state index in [1.54, 1.807) is 24.3 Å². The third-order valence-electron chi connectivity index (χ3n) is 3.71. The van der Waals surface area contributed by atoms with E-state index in [0.717, 1.165) is 17.7 Å². The molecule has 25 heavy (non-hydrogen) atoms. The molecule has 2 aromatic carbocycles. The average molecular weight is 342 g/mol. The van der Waals surface area contributed by atoms with Gasteiger partial charge in [-0.1, -0.05) is 19.1 Å². The van der Waals surface area contributed by atoms with E-state index in [-0.39, 0.29) is 11.3 Å². The van der Waals surface area contributed by atoms with Crippen LogP contribution >= 0.6 is 0 Å². The second-order valence-electron chi connectivity index (χ2n) is 5.62. The molecular formula is C20H22O5. The summed E-state index contributed by atoms with van der Waals surface area (Å²) in [6.45, 7) is 4.48. The molecular weight excluding hydrogens is 320 g/mol. The second kappa shape index (κ2) is 8.24. The number of aliphatic carboxylic acids is 1. The summed E-state index contributed by atoms with van der Waals surface area (Å²) < 4.78 is 10.6. The van der Waals surface area contributed by atoms with E-state index in [1.807, 2.05) is 19.9 Å². The smallest absolute Gasteiger partial charge is 0.336 e. The second-order valence-corrected chi connectivity index (χ2v) is 5.62. The molecule has 0 aliphatic rings. The minimum Gasteiger partial charge on any atom is -0.504 e. The summed E-state index contributed by atoms with van der Waals surface area (Å²) in [5.74, 6) is -0.0285. The number of rotatable bonds is 7. The molecule has 2 aromatic rings. The van der Waals surface area contributed by atoms with Crippen LogP contribution in [-0.4, -0.2) is 29.9 Å². The summed E-state index contributed by atoms with van der Waals surface area (Å²) in [4.78, 5) is 11.7. The lowest BCUT2D eigenvalue weighted by atomic mass is 9.98. The Kier molecular flexibility index (Phi) is 6.06. The van der Waals surface area contributed by atoms with Crippen LogP contribution in [0.5, 0.6) is 17.2 Å². The van der Waals surface area contributed by atoms with Gasteiger partial charge in [-0.3, -0.25) is 0 Å². The van der Waals surface area contributed by atoms with Crippen LogP contribution in [0.1, 0.15) is 30.0 Å². The molecule has 2 N–H and O–H groups in total. The maximum absolute atomic E-state index is 11.7. The van der Waals surface area contributed by atoms with Gasteiger partial charge in [-0.15, -0.1) is 0 Å². The van der Waals surface area contributed by atoms with Gasteiger partial charge >= 0.3 is 5.97 Å². The zero-order valence-corrected chi connectivity index (χ0v) is 14.6. The Morgan fingerprint density at radius 1 is 1.20 bits per heavy atom. The lowest BCUT2D eigenvalue weighted by Gasteiger charge is -2.11. The lowest BCUT2D eigenvalue weighted by molar-refractivity contribution is -0.130. The van der Waals surface area contributed by atoms with Gasteiger partial charge in [0.1, 0.15) is 5.75 Å². The van der Waals surface area contributed by atoms with E-state index >= 15 is 0 Å². The molecule has 0 aromatic heterocycles. The third kappa shape index (κ3) is 4.53. The lowest BCUT2D eigenvalue weighted by Crippen LogP contribution is -2.02. The highest BCUT2D eigenvalue weighted by Crippen LogP contribution is 2.30. The van der Waals surface area contributed by atoms with Crippen molar-refractivity contribution < 1.29 is 24.5 Å². The number of aromatic hydroxyl groups is 1. The molecule has 0 heterocycles. The normalized spacial score (nSPS) is 11.2. The Bertz CT molecular complexity index is 793. The number of hydrogen-bond acceptors (Lipinski definition) is 4. The van der Waals surface area contributed by atoms with Gasteiger partial charge in [0.15, 0.2) is 11.5 Å². The Hall–Kier alpha value is -2.95. The number of phenolic OH excluding ortho intramolecular Hbond substituents is 1. The number of phenols is 1. The summed E-state index contributed by atoms with van der Waals surface area (Å²) in [5.41, 5.74) is 2.12. The predicted molar refractivity (Wildman–Crippen MR) is 97.1 cm³/mol. The summed E-state index contributed by atoms with van der Waals surface area (Å²) in [5, 5.41) is 19.5. The molecule has 0 saturated carbocycles. The molecule has 0 amide bonds. The first kappa shape index (κ1) is 18.4. The molecule has 0 unspecified atom stereocenters. The zero-order chi connectivity index (χ0) is 18.4. The van der Waals surface area contributed by atoms with Crippen molar-refractivity contribution in [2.24, 2.45) is 0 Å². The summed E-state index contributed by atoms with van der Waals surface area (Å²) in [6.07, 6.45) is 2.43. The number of benzene rings is 2. The van der Waals surface area contributed by atoms with Gasteiger partial charge < -0.3 is 19.7 Å². The Labute approximate surface area is 147 Å². The SMILES string of the molecule is CCCOc1ccc(/C(=C/c2ccc(OC)c(O)c2)C(=O)O)c(C)c1. The fraction of sp³-hybridized carbons (Fsp3) is 0.250. The maximum atomic E-state index is 11.7. The molecule has 0 aliphatic carbocycles. The van der Waals surface area contributed by atoms with Crippen molar-refractivity contribution in [2.45, 2.75) is 20.3 Å². The number of carboxylic acid groups (broad SMARTS) is 1. The molecule has 0 radical (unpaired) electrons. The van der Waals surface area contributed by atoms with Gasteiger partial charge in [-0.05, 0) is 60.4 Å². The summed E-state index contributed by atoms with van der Waals surface area (Å²) in [6, 6.07) is 10.1. The number of methoxy groups -OCH3 is 1. The topological polar surface area (TPSA) is 76.0 Å². The van der Waals surface area contributed by atoms with Crippen LogP contribution in [0.25, 0.3) is 11.6 Å². The van der Waals surface area contributed by atoms with Crippen LogP contribution < -0.4 is 9.47 Å². The van der Waals surface area contributed by atoms with Crippen molar-refractivity contribution in [1.29, 1.82) is 0 Å². The number of aryl methyl sites for hydroxylation is 1. The van der Waals surface area contributed by atoms with Gasteiger partial charge in [0.25, 0.3) is 0 Å². The molecule has 5 nitrogen and oxygen atoms in total. The molecule has 0 saturated heterocycles. The fourth-order valence-corrected chi connectivity index (χ4v) is 2.47. The first-order valence-electron chi connectivity index (χ1n) is 8.02. The molecule has 5 heteroatoms. The largest absolute Gasteiger partial charge is 0.504 e. The minimum absolute atomic E-state index is 0.0407. The average Bonchev–Trinajstić information content (AvgIpc) is 2.58. The van der Waals surface area contributed by atoms with E-state index in [2.05, 4.69) is 0 Å². The highest BCUT2D eigenvalue weighted by molar-refractivity contribution is 6.21. The van der Waals surface area contributed by atoms with Crippen LogP contribution in [0, 0.1) is 6.92 Å². The van der Waals surface area contributed by atoms with Gasteiger partial charge in [0.05, 0.1) is 19.3 Å². The first-order valence-corrected chi connectivity index (χ1v) is 8.02. The number of hydrogen-bond donors (Lipinski definition) is 2. The molecule has 0 atom stereocenters. The molecule has 0 fully saturated rings. The van der Waals surface area contributed by atoms with Crippen LogP contribution in [-0.2, 0) is 4.79 Å². The van der Waals surface area contributed by atoms with Gasteiger partial charge in [-0.2, -0.15) is 0 Å². The van der Waals surface area contributed by atoms with Crippen molar-refractivity contribution in [3.05, 3.63) is 53.1 Å². The highest BCUT2D eigenvalue weighted by atomic mass is 16.5. The molecule has 132 valence electrons. The van der Waals surface area contributed by atoms with Crippen LogP contribution in [0.3, 0.4) is 0 Å². The molecule has 0 spiro atoms. The van der Waals surface area contributed by atoms with Crippen molar-refractivity contribution >= 4 is 17.6 Å². The van der Waals surface area contributed by atoms with E-state index < -0.39 is 5.97 Å². The predicted octanol–water partition coefficient (Wildman–Crippen LogP) is 4.12. The summed E-state index contributed by atoms with van der Waals surface area (Å²) in [7, 11) is 1.46. The first-order chi connectivity index (χ1) is 12.0. The zero-order valence-electron chi connectivity index (χ0n) is 14.6. The number of carboxylic acids is 1. The van der Waals surface area contributed by atoms with Crippen molar-refractivity contribution in [1.82, 2.24) is 0 Å². The van der Waals surface area contributed by atoms with E-state index in [1.165, 1.54) is 19.3 Å². The van der Waals surface area contributed by atoms with Crippen molar-refractivity contribution in [3.8, 4) is 17.2 Å². The minimum atomic E-state index is -1.04. The Morgan fingerprint density at radius 3 is 2.52 bits per heavy atom. The maximum Gasteiger partial charge on any atom is 0.336 e. The van der Waals surface area contributed by atoms with Gasteiger partial charge in [-0.25, -0.2) is 4.79 Å². The van der Waals surface area contributed by atoms with Crippen LogP contribution in [0.15, 0.2) is 36.4 Å². The summed E-state index contributed by atoms with van der Waals surface area (Å²) >= 11 is 0. The van der Waals surface area contributed by atoms with Crippen molar-refractivity contribution in [3.63, 3.8) is 0 Å². The van der Waals surface area contributed by atoms with E-state index in [4.69, 9.17) is 9.47 Å². The fourth-order valence-electron chi connectivity index (χ4n) is 2.47.